The first-order valence-corrected chi connectivity index (χ1v) is 10.4. The van der Waals surface area contributed by atoms with Gasteiger partial charge in [-0.1, -0.05) is 48.7 Å². The van der Waals surface area contributed by atoms with E-state index in [9.17, 15) is 10.2 Å². The molecule has 1 aromatic carbocycles. The van der Waals surface area contributed by atoms with Crippen LogP contribution in [0.15, 0.2) is 22.7 Å². The maximum atomic E-state index is 11.3. The van der Waals surface area contributed by atoms with E-state index in [0.717, 1.165) is 61.9 Å². The molecule has 5 heteroatoms. The van der Waals surface area contributed by atoms with Crippen LogP contribution >= 0.6 is 15.9 Å². The molecule has 25 heavy (non-hydrogen) atoms. The molecule has 4 heterocycles. The normalized spacial score (nSPS) is 42.1. The van der Waals surface area contributed by atoms with Crippen molar-refractivity contribution in [2.45, 2.75) is 51.8 Å². The van der Waals surface area contributed by atoms with Gasteiger partial charge >= 0.3 is 0 Å². The molecule has 0 aliphatic carbocycles. The van der Waals surface area contributed by atoms with Crippen molar-refractivity contribution in [2.24, 2.45) is 10.8 Å². The van der Waals surface area contributed by atoms with E-state index < -0.39 is 0 Å². The number of benzene rings is 1. The lowest BCUT2D eigenvalue weighted by Crippen LogP contribution is -2.78. The molecule has 1 aromatic rings. The molecule has 4 saturated heterocycles. The number of phenolic OH excluding ortho intramolecular Hbond substituents is 1. The molecule has 4 bridgehead atoms. The molecular formula is C20H29BrN2O2. The van der Waals surface area contributed by atoms with Gasteiger partial charge in [-0.05, 0) is 25.0 Å². The summed E-state index contributed by atoms with van der Waals surface area (Å²) in [6.45, 7) is 8.18. The van der Waals surface area contributed by atoms with Gasteiger partial charge in [-0.25, -0.2) is 0 Å². The zero-order valence-corrected chi connectivity index (χ0v) is 16.8. The predicted octanol–water partition coefficient (Wildman–Crippen LogP) is 3.73. The zero-order valence-electron chi connectivity index (χ0n) is 15.2. The van der Waals surface area contributed by atoms with E-state index in [-0.39, 0.29) is 23.1 Å². The van der Waals surface area contributed by atoms with Crippen molar-refractivity contribution < 1.29 is 10.2 Å². The van der Waals surface area contributed by atoms with Gasteiger partial charge in [-0.15, -0.1) is 0 Å². The van der Waals surface area contributed by atoms with Crippen molar-refractivity contribution in [3.05, 3.63) is 28.2 Å². The van der Waals surface area contributed by atoms with Gasteiger partial charge in [0.25, 0.3) is 0 Å². The Morgan fingerprint density at radius 3 is 2.00 bits per heavy atom. The summed E-state index contributed by atoms with van der Waals surface area (Å²) in [5, 5.41) is 21.9. The van der Waals surface area contributed by atoms with Crippen molar-refractivity contribution in [3.8, 4) is 5.75 Å². The van der Waals surface area contributed by atoms with Gasteiger partial charge in [0.2, 0.25) is 0 Å². The van der Waals surface area contributed by atoms with E-state index in [2.05, 4.69) is 39.6 Å². The summed E-state index contributed by atoms with van der Waals surface area (Å²) in [7, 11) is 0. The first-order valence-electron chi connectivity index (χ1n) is 9.59. The lowest BCUT2D eigenvalue weighted by molar-refractivity contribution is -0.268. The molecule has 4 aliphatic heterocycles. The van der Waals surface area contributed by atoms with E-state index in [1.807, 2.05) is 12.1 Å². The molecule has 2 N–H and O–H groups in total. The molecule has 4 aliphatic rings. The highest BCUT2D eigenvalue weighted by atomic mass is 79.9. The van der Waals surface area contributed by atoms with Crippen molar-refractivity contribution in [1.29, 1.82) is 0 Å². The van der Waals surface area contributed by atoms with E-state index in [4.69, 9.17) is 0 Å². The summed E-state index contributed by atoms with van der Waals surface area (Å²) in [5.41, 5.74) is 0.971. The van der Waals surface area contributed by atoms with Gasteiger partial charge in [0.15, 0.2) is 0 Å². The number of rotatable bonds is 5. The fourth-order valence-corrected chi connectivity index (χ4v) is 6.46. The van der Waals surface area contributed by atoms with Crippen molar-refractivity contribution >= 4 is 15.9 Å². The molecule has 4 nitrogen and oxygen atoms in total. The number of aromatic hydroxyl groups is 1. The summed E-state index contributed by atoms with van der Waals surface area (Å²) in [6, 6.07) is 5.85. The summed E-state index contributed by atoms with van der Waals surface area (Å²) in [6.07, 6.45) is 4.30. The van der Waals surface area contributed by atoms with Crippen LogP contribution < -0.4 is 0 Å². The second kappa shape index (κ2) is 6.22. The highest BCUT2D eigenvalue weighted by Crippen LogP contribution is 2.58. The largest absolute Gasteiger partial charge is 0.508 e. The molecule has 0 atom stereocenters. The third-order valence-electron chi connectivity index (χ3n) is 6.69. The van der Waals surface area contributed by atoms with Crippen LogP contribution in [0.5, 0.6) is 5.75 Å². The molecule has 0 spiro atoms. The van der Waals surface area contributed by atoms with Crippen molar-refractivity contribution in [3.63, 3.8) is 0 Å². The van der Waals surface area contributed by atoms with E-state index in [1.165, 1.54) is 0 Å². The lowest BCUT2D eigenvalue weighted by atomic mass is 9.56. The monoisotopic (exact) mass is 408 g/mol. The number of halogens is 1. The fraction of sp³-hybridized carbons (Fsp3) is 0.700. The van der Waals surface area contributed by atoms with Gasteiger partial charge in [-0.3, -0.25) is 9.80 Å². The zero-order chi connectivity index (χ0) is 17.8. The maximum absolute atomic E-state index is 11.3. The van der Waals surface area contributed by atoms with Crippen molar-refractivity contribution in [2.75, 3.05) is 26.2 Å². The molecule has 5 rings (SSSR count). The Bertz CT molecular complexity index is 623. The predicted molar refractivity (Wildman–Crippen MR) is 102 cm³/mol. The quantitative estimate of drug-likeness (QED) is 0.778. The number of nitrogens with zero attached hydrogens (tertiary/aromatic N) is 2. The Balaban J connectivity index is 1.73. The van der Waals surface area contributed by atoms with Gasteiger partial charge in [0.05, 0.1) is 12.3 Å². The molecule has 0 unspecified atom stereocenters. The number of aliphatic hydroxyl groups is 1. The van der Waals surface area contributed by atoms with E-state index in [0.29, 0.717) is 5.75 Å². The smallest absolute Gasteiger partial charge is 0.122 e. The Hall–Kier alpha value is -0.620. The van der Waals surface area contributed by atoms with Crippen LogP contribution in [0.3, 0.4) is 0 Å². The molecular weight excluding hydrogens is 380 g/mol. The summed E-state index contributed by atoms with van der Waals surface area (Å²) < 4.78 is 0.905. The number of hydrogen-bond acceptors (Lipinski definition) is 4. The third kappa shape index (κ3) is 2.58. The van der Waals surface area contributed by atoms with E-state index >= 15 is 0 Å². The Morgan fingerprint density at radius 1 is 1.04 bits per heavy atom. The topological polar surface area (TPSA) is 46.9 Å². The highest BCUT2D eigenvalue weighted by molar-refractivity contribution is 9.10. The molecule has 138 valence electrons. The summed E-state index contributed by atoms with van der Waals surface area (Å²) in [5.74, 6) is 0.362. The Labute approximate surface area is 158 Å². The van der Waals surface area contributed by atoms with E-state index in [1.54, 1.807) is 6.07 Å². The molecule has 0 amide bonds. The SMILES string of the molecule is CCCC12CN3CC(CCC)(CN(C1)C3c1ccc(Br)cc1O)C2O. The number of aliphatic hydroxyl groups excluding tert-OH is 1. The Morgan fingerprint density at radius 2 is 1.56 bits per heavy atom. The van der Waals surface area contributed by atoms with Crippen LogP contribution in [0.25, 0.3) is 0 Å². The second-order valence-corrected chi connectivity index (χ2v) is 9.43. The van der Waals surface area contributed by atoms with Crippen LogP contribution in [0.4, 0.5) is 0 Å². The first kappa shape index (κ1) is 17.8. The number of piperidine rings is 2. The Kier molecular flexibility index (Phi) is 4.42. The molecule has 0 saturated carbocycles. The standard InChI is InChI=1S/C20H29BrN2O2/c1-3-7-19-10-22-12-20(8-4-2,18(19)25)13-23(11-19)17(22)15-6-5-14(21)9-16(15)24/h5-6,9,17-18,24-25H,3-4,7-8,10-13H2,1-2H3. The average molecular weight is 409 g/mol. The van der Waals surface area contributed by atoms with Gasteiger partial charge in [0.1, 0.15) is 5.75 Å². The van der Waals surface area contributed by atoms with Crippen LogP contribution in [0.2, 0.25) is 0 Å². The van der Waals surface area contributed by atoms with Crippen LogP contribution in [-0.4, -0.2) is 52.3 Å². The maximum Gasteiger partial charge on any atom is 0.122 e. The van der Waals surface area contributed by atoms with Crippen molar-refractivity contribution in [1.82, 2.24) is 9.80 Å². The average Bonchev–Trinajstić information content (AvgIpc) is 2.53. The first-order chi connectivity index (χ1) is 11.9. The highest BCUT2D eigenvalue weighted by Gasteiger charge is 2.64. The minimum absolute atomic E-state index is 0.0120. The van der Waals surface area contributed by atoms with Crippen LogP contribution in [0.1, 0.15) is 51.3 Å². The minimum atomic E-state index is -0.202. The van der Waals surface area contributed by atoms with Gasteiger partial charge in [0, 0.05) is 47.0 Å². The second-order valence-electron chi connectivity index (χ2n) is 8.51. The minimum Gasteiger partial charge on any atom is -0.508 e. The fourth-order valence-electron chi connectivity index (χ4n) is 6.12. The van der Waals surface area contributed by atoms with Crippen LogP contribution in [0, 0.1) is 10.8 Å². The number of phenols is 1. The van der Waals surface area contributed by atoms with Gasteiger partial charge in [-0.2, -0.15) is 0 Å². The molecule has 0 radical (unpaired) electrons. The summed E-state index contributed by atoms with van der Waals surface area (Å²) in [4.78, 5) is 5.04. The van der Waals surface area contributed by atoms with Gasteiger partial charge < -0.3 is 10.2 Å². The lowest BCUT2D eigenvalue weighted by Gasteiger charge is -2.70. The third-order valence-corrected chi connectivity index (χ3v) is 7.18. The number of hydrogen-bond donors (Lipinski definition) is 2. The molecule has 0 aromatic heterocycles. The summed E-state index contributed by atoms with van der Waals surface area (Å²) >= 11 is 3.44. The van der Waals surface area contributed by atoms with Crippen LogP contribution in [-0.2, 0) is 0 Å². The molecule has 4 fully saturated rings.